The molecule has 0 aromatic heterocycles. The third-order valence-electron chi connectivity index (χ3n) is 12.8. The van der Waals surface area contributed by atoms with Crippen molar-refractivity contribution in [2.75, 3.05) is 0 Å². The molecule has 0 saturated heterocycles. The summed E-state index contributed by atoms with van der Waals surface area (Å²) in [6.07, 6.45) is 15.8. The lowest BCUT2D eigenvalue weighted by molar-refractivity contribution is -0.0728. The molecule has 2 aliphatic rings. The molecule has 2 saturated carbocycles. The van der Waals surface area contributed by atoms with Crippen molar-refractivity contribution in [2.24, 2.45) is 70.0 Å². The number of hydrogen-bond acceptors (Lipinski definition) is 0. The average Bonchev–Trinajstić information content (AvgIpc) is 3.20. The Hall–Kier alpha value is 0. The normalized spacial score (nSPS) is 33.5. The van der Waals surface area contributed by atoms with Gasteiger partial charge in [0.2, 0.25) is 0 Å². The van der Waals surface area contributed by atoms with Crippen molar-refractivity contribution in [3.8, 4) is 0 Å². The Bertz CT molecular complexity index is 605. The van der Waals surface area contributed by atoms with Crippen LogP contribution in [0.15, 0.2) is 0 Å². The number of hydrogen-bond donors (Lipinski definition) is 0. The zero-order valence-electron chi connectivity index (χ0n) is 28.6. The first-order chi connectivity index (χ1) is 17.4. The van der Waals surface area contributed by atoms with Crippen LogP contribution in [0.5, 0.6) is 0 Å². The monoisotopic (exact) mass is 519 g/mol. The van der Waals surface area contributed by atoms with E-state index < -0.39 is 0 Å². The first kappa shape index (κ1) is 35.0. The summed E-state index contributed by atoms with van der Waals surface area (Å²) in [5.41, 5.74) is 1.10. The summed E-state index contributed by atoms with van der Waals surface area (Å²) in [7, 11) is 0. The molecule has 0 heterocycles. The highest BCUT2D eigenvalue weighted by molar-refractivity contribution is 5.06. The number of rotatable bonds is 14. The van der Waals surface area contributed by atoms with Gasteiger partial charge < -0.3 is 0 Å². The van der Waals surface area contributed by atoms with E-state index >= 15 is 0 Å². The lowest BCUT2D eigenvalue weighted by Crippen LogP contribution is -2.49. The molecule has 37 heavy (non-hydrogen) atoms. The van der Waals surface area contributed by atoms with Gasteiger partial charge in [-0.3, -0.25) is 0 Å². The molecular weight excluding hydrogens is 444 g/mol. The van der Waals surface area contributed by atoms with Crippen molar-refractivity contribution in [3.63, 3.8) is 0 Å². The first-order valence-corrected chi connectivity index (χ1v) is 17.4. The molecule has 0 spiro atoms. The topological polar surface area (TPSA) is 0 Å². The molecule has 0 bridgehead atoms. The maximum absolute atomic E-state index is 2.76. The first-order valence-electron chi connectivity index (χ1n) is 17.4. The minimum absolute atomic E-state index is 0.511. The van der Waals surface area contributed by atoms with Gasteiger partial charge in [0, 0.05) is 0 Å². The predicted octanol–water partition coefficient (Wildman–Crippen LogP) is 12.7. The maximum atomic E-state index is 2.76. The minimum Gasteiger partial charge on any atom is -0.0683 e. The van der Waals surface area contributed by atoms with Gasteiger partial charge in [0.25, 0.3) is 0 Å². The van der Waals surface area contributed by atoms with Gasteiger partial charge >= 0.3 is 0 Å². The summed E-state index contributed by atoms with van der Waals surface area (Å²) in [4.78, 5) is 0. The molecule has 222 valence electrons. The van der Waals surface area contributed by atoms with Gasteiger partial charge in [-0.1, -0.05) is 129 Å². The van der Waals surface area contributed by atoms with Crippen molar-refractivity contribution in [1.82, 2.24) is 0 Å². The summed E-state index contributed by atoms with van der Waals surface area (Å²) < 4.78 is 0. The van der Waals surface area contributed by atoms with E-state index in [-0.39, 0.29) is 0 Å². The molecule has 11 unspecified atom stereocenters. The Kier molecular flexibility index (Phi) is 14.9. The Morgan fingerprint density at radius 2 is 1.49 bits per heavy atom. The molecular formula is C37H74. The van der Waals surface area contributed by atoms with Crippen LogP contribution in [0.25, 0.3) is 0 Å². The summed E-state index contributed by atoms with van der Waals surface area (Å²) in [5.74, 6) is 8.93. The lowest BCUT2D eigenvalue weighted by atomic mass is 9.49. The van der Waals surface area contributed by atoms with E-state index in [1.54, 1.807) is 0 Å². The molecule has 0 aliphatic heterocycles. The van der Waals surface area contributed by atoms with Crippen LogP contribution in [0.1, 0.15) is 168 Å². The largest absolute Gasteiger partial charge is 0.0683 e. The minimum atomic E-state index is 0.511. The molecule has 0 aromatic carbocycles. The van der Waals surface area contributed by atoms with Crippen molar-refractivity contribution in [1.29, 1.82) is 0 Å². The van der Waals surface area contributed by atoms with Crippen molar-refractivity contribution >= 4 is 0 Å². The van der Waals surface area contributed by atoms with Gasteiger partial charge in [-0.15, -0.1) is 0 Å². The van der Waals surface area contributed by atoms with Gasteiger partial charge in [-0.05, 0) is 109 Å². The van der Waals surface area contributed by atoms with E-state index in [0.717, 1.165) is 59.2 Å². The molecule has 0 heteroatoms. The van der Waals surface area contributed by atoms with Crippen LogP contribution in [-0.4, -0.2) is 0 Å². The summed E-state index contributed by atoms with van der Waals surface area (Å²) in [6.45, 7) is 34.5. The van der Waals surface area contributed by atoms with Crippen LogP contribution in [0.4, 0.5) is 0 Å². The fourth-order valence-corrected chi connectivity index (χ4v) is 10.1. The van der Waals surface area contributed by atoms with E-state index in [9.17, 15) is 0 Å². The number of fused-ring (bicyclic) bond motifs is 1. The standard InChI is InChI=1S/C35H68.C2H6/c1-13-17-25(7)23-35(12,27(9)14-2)33-20-21-34(11)29(18-19-32(34)31(33)16-4)22-26(8)30(15-3)28(10)24(5)6;1-2/h24-33H,13-23H2,1-12H3;1-2H3. The van der Waals surface area contributed by atoms with Gasteiger partial charge in [0.05, 0.1) is 0 Å². The van der Waals surface area contributed by atoms with Crippen molar-refractivity contribution in [2.45, 2.75) is 168 Å². The molecule has 0 nitrogen and oxygen atoms in total. The predicted molar refractivity (Wildman–Crippen MR) is 170 cm³/mol. The van der Waals surface area contributed by atoms with Crippen LogP contribution >= 0.6 is 0 Å². The van der Waals surface area contributed by atoms with E-state index in [0.29, 0.717) is 10.8 Å². The molecule has 2 aliphatic carbocycles. The second-order valence-electron chi connectivity index (χ2n) is 14.9. The van der Waals surface area contributed by atoms with Crippen LogP contribution in [0, 0.1) is 70.0 Å². The zero-order valence-corrected chi connectivity index (χ0v) is 28.6. The zero-order chi connectivity index (χ0) is 28.6. The smallest absolute Gasteiger partial charge is 0.0266 e. The van der Waals surface area contributed by atoms with Crippen molar-refractivity contribution in [3.05, 3.63) is 0 Å². The van der Waals surface area contributed by atoms with Gasteiger partial charge in [0.15, 0.2) is 0 Å². The third kappa shape index (κ3) is 7.81. The Morgan fingerprint density at radius 3 is 1.97 bits per heavy atom. The molecule has 0 amide bonds. The Labute approximate surface area is 237 Å². The Balaban J connectivity index is 0.00000334. The Morgan fingerprint density at radius 1 is 0.865 bits per heavy atom. The molecule has 2 fully saturated rings. The van der Waals surface area contributed by atoms with Crippen LogP contribution in [0.2, 0.25) is 0 Å². The molecule has 0 aromatic rings. The molecule has 0 N–H and O–H groups in total. The highest BCUT2D eigenvalue weighted by Crippen LogP contribution is 2.65. The van der Waals surface area contributed by atoms with Crippen molar-refractivity contribution < 1.29 is 0 Å². The van der Waals surface area contributed by atoms with E-state index in [1.807, 2.05) is 13.8 Å². The molecule has 0 radical (unpaired) electrons. The SMILES string of the molecule is CC.CCCC(C)CC(C)(C(C)CC)C1CCC2(C)C(CC(C)C(CC)C(C)C(C)C)CCC2C1CC. The van der Waals surface area contributed by atoms with Gasteiger partial charge in [-0.25, -0.2) is 0 Å². The molecule has 2 rings (SSSR count). The highest BCUT2D eigenvalue weighted by Gasteiger charge is 2.56. The van der Waals surface area contributed by atoms with Crippen LogP contribution in [-0.2, 0) is 0 Å². The lowest BCUT2D eigenvalue weighted by Gasteiger charge is -2.56. The van der Waals surface area contributed by atoms with Gasteiger partial charge in [-0.2, -0.15) is 0 Å². The summed E-state index contributed by atoms with van der Waals surface area (Å²) in [5, 5.41) is 0. The van der Waals surface area contributed by atoms with E-state index in [2.05, 4.69) is 83.1 Å². The quantitative estimate of drug-likeness (QED) is 0.214. The van der Waals surface area contributed by atoms with E-state index in [1.165, 1.54) is 70.6 Å². The summed E-state index contributed by atoms with van der Waals surface area (Å²) >= 11 is 0. The molecule has 11 atom stereocenters. The fourth-order valence-electron chi connectivity index (χ4n) is 10.1. The maximum Gasteiger partial charge on any atom is -0.0266 e. The van der Waals surface area contributed by atoms with Crippen LogP contribution < -0.4 is 0 Å². The highest BCUT2D eigenvalue weighted by atomic mass is 14.6. The third-order valence-corrected chi connectivity index (χ3v) is 12.8. The average molecular weight is 519 g/mol. The van der Waals surface area contributed by atoms with Crippen LogP contribution in [0.3, 0.4) is 0 Å². The second-order valence-corrected chi connectivity index (χ2v) is 14.9. The summed E-state index contributed by atoms with van der Waals surface area (Å²) in [6, 6.07) is 0. The van der Waals surface area contributed by atoms with E-state index in [4.69, 9.17) is 0 Å². The fraction of sp³-hybridized carbons (Fsp3) is 1.00. The second kappa shape index (κ2) is 15.7. The van der Waals surface area contributed by atoms with Gasteiger partial charge in [0.1, 0.15) is 0 Å².